The number of nitrogens with one attached hydrogen (secondary N) is 1. The largest absolute Gasteiger partial charge is 0.298 e. The molecular weight excluding hydrogens is 318 g/mol. The summed E-state index contributed by atoms with van der Waals surface area (Å²) in [5, 5.41) is 6.15. The highest BCUT2D eigenvalue weighted by atomic mass is 32.1. The summed E-state index contributed by atoms with van der Waals surface area (Å²) in [5.41, 5.74) is 3.10. The molecule has 5 heteroatoms. The second-order valence-corrected chi connectivity index (χ2v) is 6.13. The van der Waals surface area contributed by atoms with Gasteiger partial charge in [0.15, 0.2) is 5.13 Å². The highest BCUT2D eigenvalue weighted by Gasteiger charge is 2.13. The molecule has 24 heavy (non-hydrogen) atoms. The molecule has 0 bridgehead atoms. The summed E-state index contributed by atoms with van der Waals surface area (Å²) in [7, 11) is 0. The predicted octanol–water partition coefficient (Wildman–Crippen LogP) is 4.61. The van der Waals surface area contributed by atoms with E-state index < -0.39 is 0 Å². The van der Waals surface area contributed by atoms with Gasteiger partial charge in [0, 0.05) is 22.5 Å². The lowest BCUT2D eigenvalue weighted by Gasteiger charge is -2.08. The normalized spacial score (nSPS) is 10.7. The third-order valence-electron chi connectivity index (χ3n) is 3.69. The van der Waals surface area contributed by atoms with E-state index in [1.165, 1.54) is 11.3 Å². The Kier molecular flexibility index (Phi) is 3.76. The molecule has 0 atom stereocenters. The van der Waals surface area contributed by atoms with Crippen LogP contribution in [0.5, 0.6) is 0 Å². The molecule has 1 amide bonds. The van der Waals surface area contributed by atoms with Gasteiger partial charge in [-0.1, -0.05) is 48.5 Å². The van der Waals surface area contributed by atoms with E-state index >= 15 is 0 Å². The Bertz CT molecular complexity index is 998. The molecule has 2 aromatic heterocycles. The molecule has 0 unspecified atom stereocenters. The second-order valence-electron chi connectivity index (χ2n) is 5.23. The Labute approximate surface area is 142 Å². The minimum Gasteiger partial charge on any atom is -0.298 e. The van der Waals surface area contributed by atoms with Gasteiger partial charge in [-0.25, -0.2) is 9.97 Å². The van der Waals surface area contributed by atoms with Crippen LogP contribution in [0.1, 0.15) is 10.4 Å². The van der Waals surface area contributed by atoms with Crippen molar-refractivity contribution < 1.29 is 4.79 Å². The smallest absolute Gasteiger partial charge is 0.259 e. The highest BCUT2D eigenvalue weighted by molar-refractivity contribution is 7.13. The average Bonchev–Trinajstić information content (AvgIpc) is 3.14. The van der Waals surface area contributed by atoms with Crippen LogP contribution in [-0.4, -0.2) is 15.9 Å². The average molecular weight is 331 g/mol. The molecule has 0 radical (unpaired) electrons. The van der Waals surface area contributed by atoms with Gasteiger partial charge in [-0.3, -0.25) is 10.1 Å². The van der Waals surface area contributed by atoms with Crippen LogP contribution in [0.2, 0.25) is 0 Å². The lowest BCUT2D eigenvalue weighted by Crippen LogP contribution is -2.12. The summed E-state index contributed by atoms with van der Waals surface area (Å²) < 4.78 is 0. The van der Waals surface area contributed by atoms with Gasteiger partial charge in [0.1, 0.15) is 0 Å². The Morgan fingerprint density at radius 3 is 2.62 bits per heavy atom. The third kappa shape index (κ3) is 2.77. The predicted molar refractivity (Wildman–Crippen MR) is 97.2 cm³/mol. The minimum atomic E-state index is -0.201. The van der Waals surface area contributed by atoms with Crippen LogP contribution in [-0.2, 0) is 0 Å². The van der Waals surface area contributed by atoms with Crippen molar-refractivity contribution in [1.82, 2.24) is 9.97 Å². The molecule has 0 saturated carbocycles. The number of fused-ring (bicyclic) bond motifs is 1. The molecule has 116 valence electrons. The van der Waals surface area contributed by atoms with Gasteiger partial charge < -0.3 is 0 Å². The number of amides is 1. The zero-order valence-corrected chi connectivity index (χ0v) is 13.5. The van der Waals surface area contributed by atoms with Gasteiger partial charge in [0.25, 0.3) is 5.91 Å². The molecule has 0 saturated heterocycles. The van der Waals surface area contributed by atoms with Crippen molar-refractivity contribution in [3.05, 3.63) is 77.8 Å². The topological polar surface area (TPSA) is 54.9 Å². The first-order valence-electron chi connectivity index (χ1n) is 7.47. The number of hydrogen-bond donors (Lipinski definition) is 1. The van der Waals surface area contributed by atoms with Crippen LogP contribution in [0, 0.1) is 0 Å². The summed E-state index contributed by atoms with van der Waals surface area (Å²) in [5.74, 6) is -0.201. The number of nitrogens with zero attached hydrogens (tertiary/aromatic N) is 2. The molecule has 4 aromatic rings. The molecule has 4 rings (SSSR count). The molecule has 0 spiro atoms. The van der Waals surface area contributed by atoms with Gasteiger partial charge in [-0.05, 0) is 12.1 Å². The van der Waals surface area contributed by atoms with Crippen LogP contribution < -0.4 is 5.32 Å². The third-order valence-corrected chi connectivity index (χ3v) is 4.38. The van der Waals surface area contributed by atoms with E-state index in [2.05, 4.69) is 10.3 Å². The number of carbonyl (C=O) groups is 1. The van der Waals surface area contributed by atoms with Crippen LogP contribution in [0.15, 0.2) is 72.2 Å². The van der Waals surface area contributed by atoms with Gasteiger partial charge in [0.2, 0.25) is 0 Å². The number of rotatable bonds is 3. The zero-order valence-electron chi connectivity index (χ0n) is 12.6. The Balaban J connectivity index is 1.79. The molecular formula is C19H13N3OS. The maximum absolute atomic E-state index is 12.6. The van der Waals surface area contributed by atoms with Crippen molar-refractivity contribution in [2.75, 3.05) is 5.32 Å². The maximum Gasteiger partial charge on any atom is 0.259 e. The van der Waals surface area contributed by atoms with Crippen LogP contribution in [0.3, 0.4) is 0 Å². The molecule has 2 aromatic carbocycles. The van der Waals surface area contributed by atoms with Crippen molar-refractivity contribution in [2.45, 2.75) is 0 Å². The standard InChI is InChI=1S/C19H13N3OS/c23-18(22-19-20-11-12-24-19)15-8-4-7-14-9-10-16(21-17(14)15)13-5-2-1-3-6-13/h1-12H,(H,20,22,23). The first kappa shape index (κ1) is 14.5. The SMILES string of the molecule is O=C(Nc1nccs1)c1cccc2ccc(-c3ccccc3)nc12. The van der Waals surface area contributed by atoms with Crippen molar-refractivity contribution in [3.63, 3.8) is 0 Å². The van der Waals surface area contributed by atoms with Crippen LogP contribution in [0.4, 0.5) is 5.13 Å². The molecule has 0 aliphatic carbocycles. The number of thiazole rings is 1. The lowest BCUT2D eigenvalue weighted by atomic mass is 10.1. The summed E-state index contributed by atoms with van der Waals surface area (Å²) in [6.07, 6.45) is 1.66. The van der Waals surface area contributed by atoms with Crippen molar-refractivity contribution in [3.8, 4) is 11.3 Å². The molecule has 0 fully saturated rings. The van der Waals surface area contributed by atoms with Gasteiger partial charge in [-0.2, -0.15) is 0 Å². The Morgan fingerprint density at radius 2 is 1.83 bits per heavy atom. The summed E-state index contributed by atoms with van der Waals surface area (Å²) in [4.78, 5) is 21.4. The minimum absolute atomic E-state index is 0.201. The fraction of sp³-hybridized carbons (Fsp3) is 0. The van der Waals surface area contributed by atoms with E-state index in [-0.39, 0.29) is 5.91 Å². The molecule has 2 heterocycles. The fourth-order valence-electron chi connectivity index (χ4n) is 2.55. The monoisotopic (exact) mass is 331 g/mol. The summed E-state index contributed by atoms with van der Waals surface area (Å²) >= 11 is 1.39. The first-order chi connectivity index (χ1) is 11.8. The van der Waals surface area contributed by atoms with E-state index in [4.69, 9.17) is 4.98 Å². The Hall–Kier alpha value is -3.05. The van der Waals surface area contributed by atoms with E-state index in [0.29, 0.717) is 16.2 Å². The van der Waals surface area contributed by atoms with Crippen LogP contribution >= 0.6 is 11.3 Å². The van der Waals surface area contributed by atoms with Crippen molar-refractivity contribution in [2.24, 2.45) is 0 Å². The van der Waals surface area contributed by atoms with E-state index in [1.807, 2.05) is 60.0 Å². The van der Waals surface area contributed by atoms with Crippen LogP contribution in [0.25, 0.3) is 22.2 Å². The van der Waals surface area contributed by atoms with Gasteiger partial charge in [0.05, 0.1) is 16.8 Å². The van der Waals surface area contributed by atoms with Gasteiger partial charge in [-0.15, -0.1) is 11.3 Å². The summed E-state index contributed by atoms with van der Waals surface area (Å²) in [6, 6.07) is 19.5. The number of pyridine rings is 1. The molecule has 4 nitrogen and oxygen atoms in total. The molecule has 0 aliphatic rings. The summed E-state index contributed by atoms with van der Waals surface area (Å²) in [6.45, 7) is 0. The van der Waals surface area contributed by atoms with E-state index in [0.717, 1.165) is 16.6 Å². The van der Waals surface area contributed by atoms with E-state index in [9.17, 15) is 4.79 Å². The number of hydrogen-bond acceptors (Lipinski definition) is 4. The number of aromatic nitrogens is 2. The number of para-hydroxylation sites is 1. The maximum atomic E-state index is 12.6. The van der Waals surface area contributed by atoms with Gasteiger partial charge >= 0.3 is 0 Å². The van der Waals surface area contributed by atoms with Crippen molar-refractivity contribution >= 4 is 33.3 Å². The quantitative estimate of drug-likeness (QED) is 0.596. The number of carbonyl (C=O) groups excluding carboxylic acids is 1. The first-order valence-corrected chi connectivity index (χ1v) is 8.35. The zero-order chi connectivity index (χ0) is 16.4. The van der Waals surface area contributed by atoms with Crippen molar-refractivity contribution in [1.29, 1.82) is 0 Å². The highest BCUT2D eigenvalue weighted by Crippen LogP contribution is 2.24. The number of anilines is 1. The Morgan fingerprint density at radius 1 is 0.958 bits per heavy atom. The second kappa shape index (κ2) is 6.22. The van der Waals surface area contributed by atoms with E-state index in [1.54, 1.807) is 12.3 Å². The number of benzene rings is 2. The molecule has 1 N–H and O–H groups in total. The fourth-order valence-corrected chi connectivity index (χ4v) is 3.07. The lowest BCUT2D eigenvalue weighted by molar-refractivity contribution is 0.102. The molecule has 0 aliphatic heterocycles.